The highest BCUT2D eigenvalue weighted by atomic mass is 16.6. The first-order valence-corrected chi connectivity index (χ1v) is 9.17. The highest BCUT2D eigenvalue weighted by Gasteiger charge is 2.36. The van der Waals surface area contributed by atoms with Crippen molar-refractivity contribution in [3.63, 3.8) is 0 Å². The van der Waals surface area contributed by atoms with Crippen LogP contribution in [-0.4, -0.2) is 18.1 Å². The van der Waals surface area contributed by atoms with Crippen LogP contribution in [0.1, 0.15) is 96.8 Å². The van der Waals surface area contributed by atoms with Gasteiger partial charge in [-0.25, -0.2) is 0 Å². The van der Waals surface area contributed by atoms with Crippen LogP contribution in [0.5, 0.6) is 0 Å². The van der Waals surface area contributed by atoms with Gasteiger partial charge in [-0.2, -0.15) is 0 Å². The Labute approximate surface area is 131 Å². The molecule has 0 aromatic rings. The molecule has 21 heavy (non-hydrogen) atoms. The van der Waals surface area contributed by atoms with Crippen molar-refractivity contribution in [2.24, 2.45) is 5.73 Å². The molecule has 0 spiro atoms. The van der Waals surface area contributed by atoms with E-state index in [0.717, 1.165) is 12.8 Å². The number of ether oxygens (including phenoxy) is 1. The Kier molecular flexibility index (Phi) is 10.6. The maximum Gasteiger partial charge on any atom is 0.217 e. The lowest BCUT2D eigenvalue weighted by Gasteiger charge is -2.00. The number of epoxide rings is 1. The molecule has 0 radical (unpaired) electrons. The summed E-state index contributed by atoms with van der Waals surface area (Å²) in [6.45, 7) is 2.26. The third kappa shape index (κ3) is 10.8. The second-order valence-electron chi connectivity index (χ2n) is 6.54. The van der Waals surface area contributed by atoms with E-state index in [1.807, 2.05) is 0 Å². The number of primary amides is 1. The number of unbranched alkanes of at least 4 members (excludes halogenated alkanes) is 9. The second kappa shape index (κ2) is 12.0. The van der Waals surface area contributed by atoms with Crippen molar-refractivity contribution in [3.8, 4) is 0 Å². The van der Waals surface area contributed by atoms with Crippen LogP contribution < -0.4 is 5.73 Å². The van der Waals surface area contributed by atoms with E-state index in [0.29, 0.717) is 18.6 Å². The van der Waals surface area contributed by atoms with Gasteiger partial charge in [-0.15, -0.1) is 0 Å². The van der Waals surface area contributed by atoms with Gasteiger partial charge in [-0.05, 0) is 19.3 Å². The van der Waals surface area contributed by atoms with Gasteiger partial charge in [0.05, 0.1) is 12.2 Å². The van der Waals surface area contributed by atoms with E-state index in [9.17, 15) is 4.79 Å². The topological polar surface area (TPSA) is 55.6 Å². The van der Waals surface area contributed by atoms with E-state index in [-0.39, 0.29) is 5.91 Å². The average Bonchev–Trinajstić information content (AvgIpc) is 3.20. The number of rotatable bonds is 15. The Hall–Kier alpha value is -0.570. The number of hydrogen-bond acceptors (Lipinski definition) is 2. The fourth-order valence-corrected chi connectivity index (χ4v) is 2.99. The molecular weight excluding hydrogens is 262 g/mol. The quantitative estimate of drug-likeness (QED) is 0.351. The molecule has 0 aliphatic carbocycles. The van der Waals surface area contributed by atoms with Crippen molar-refractivity contribution in [2.45, 2.75) is 109 Å². The first-order valence-electron chi connectivity index (χ1n) is 9.17. The highest BCUT2D eigenvalue weighted by molar-refractivity contribution is 5.73. The van der Waals surface area contributed by atoms with E-state index in [2.05, 4.69) is 6.92 Å². The van der Waals surface area contributed by atoms with Gasteiger partial charge in [-0.1, -0.05) is 71.1 Å². The van der Waals surface area contributed by atoms with Crippen LogP contribution in [0, 0.1) is 0 Å². The number of carbonyl (C=O) groups is 1. The SMILES string of the molecule is CCCCCCCC[C@H]1O[C@@H]1CCCCCCCC(N)=O. The average molecular weight is 297 g/mol. The number of amides is 1. The lowest BCUT2D eigenvalue weighted by molar-refractivity contribution is -0.118. The molecule has 1 saturated heterocycles. The summed E-state index contributed by atoms with van der Waals surface area (Å²) in [7, 11) is 0. The summed E-state index contributed by atoms with van der Waals surface area (Å²) in [5.41, 5.74) is 5.11. The molecule has 2 atom stereocenters. The fraction of sp³-hybridized carbons (Fsp3) is 0.944. The van der Waals surface area contributed by atoms with Gasteiger partial charge in [0.25, 0.3) is 0 Å². The number of nitrogens with two attached hydrogens (primary N) is 1. The third-order valence-corrected chi connectivity index (χ3v) is 4.44. The zero-order chi connectivity index (χ0) is 15.3. The standard InChI is InChI=1S/C18H35NO2/c1-2-3-4-5-7-10-13-16-17(21-16)14-11-8-6-9-12-15-18(19)20/h16-17H,2-15H2,1H3,(H2,19,20)/t16-,17-/m1/s1. The molecular formula is C18H35NO2. The van der Waals surface area contributed by atoms with Gasteiger partial charge in [0.2, 0.25) is 5.91 Å². The molecule has 1 aliphatic heterocycles. The van der Waals surface area contributed by atoms with E-state index in [1.165, 1.54) is 70.6 Å². The van der Waals surface area contributed by atoms with Crippen molar-refractivity contribution >= 4 is 5.91 Å². The van der Waals surface area contributed by atoms with Crippen molar-refractivity contribution < 1.29 is 9.53 Å². The zero-order valence-electron chi connectivity index (χ0n) is 13.9. The van der Waals surface area contributed by atoms with Crippen LogP contribution >= 0.6 is 0 Å². The van der Waals surface area contributed by atoms with Crippen LogP contribution in [0.15, 0.2) is 0 Å². The first-order chi connectivity index (χ1) is 10.2. The summed E-state index contributed by atoms with van der Waals surface area (Å²) in [6, 6.07) is 0. The Bertz CT molecular complexity index is 268. The Morgan fingerprint density at radius 1 is 0.810 bits per heavy atom. The van der Waals surface area contributed by atoms with E-state index in [1.54, 1.807) is 0 Å². The fourth-order valence-electron chi connectivity index (χ4n) is 2.99. The largest absolute Gasteiger partial charge is 0.370 e. The van der Waals surface area contributed by atoms with E-state index < -0.39 is 0 Å². The van der Waals surface area contributed by atoms with E-state index >= 15 is 0 Å². The number of carbonyl (C=O) groups excluding carboxylic acids is 1. The minimum Gasteiger partial charge on any atom is -0.370 e. The highest BCUT2D eigenvalue weighted by Crippen LogP contribution is 2.31. The third-order valence-electron chi connectivity index (χ3n) is 4.44. The second-order valence-corrected chi connectivity index (χ2v) is 6.54. The predicted octanol–water partition coefficient (Wildman–Crippen LogP) is 4.72. The minimum absolute atomic E-state index is 0.168. The van der Waals surface area contributed by atoms with Gasteiger partial charge < -0.3 is 10.5 Å². The predicted molar refractivity (Wildman–Crippen MR) is 88.2 cm³/mol. The molecule has 1 amide bonds. The molecule has 0 aromatic heterocycles. The van der Waals surface area contributed by atoms with Gasteiger partial charge in [0.1, 0.15) is 0 Å². The van der Waals surface area contributed by atoms with Crippen LogP contribution in [0.25, 0.3) is 0 Å². The Balaban J connectivity index is 1.77. The molecule has 1 fully saturated rings. The normalized spacial score (nSPS) is 20.6. The Morgan fingerprint density at radius 2 is 1.29 bits per heavy atom. The van der Waals surface area contributed by atoms with Gasteiger partial charge in [0.15, 0.2) is 0 Å². The smallest absolute Gasteiger partial charge is 0.217 e. The van der Waals surface area contributed by atoms with Gasteiger partial charge in [-0.3, -0.25) is 4.79 Å². The molecule has 1 aliphatic rings. The summed E-state index contributed by atoms with van der Waals surface area (Å²) in [5, 5.41) is 0. The van der Waals surface area contributed by atoms with Crippen LogP contribution in [-0.2, 0) is 9.53 Å². The lowest BCUT2D eigenvalue weighted by atomic mass is 10.0. The van der Waals surface area contributed by atoms with Gasteiger partial charge in [0, 0.05) is 6.42 Å². The van der Waals surface area contributed by atoms with Crippen molar-refractivity contribution in [3.05, 3.63) is 0 Å². The molecule has 3 heteroatoms. The summed E-state index contributed by atoms with van der Waals surface area (Å²) in [6.07, 6.45) is 18.3. The van der Waals surface area contributed by atoms with Crippen LogP contribution in [0.2, 0.25) is 0 Å². The molecule has 1 heterocycles. The monoisotopic (exact) mass is 297 g/mol. The van der Waals surface area contributed by atoms with E-state index in [4.69, 9.17) is 10.5 Å². The van der Waals surface area contributed by atoms with Crippen molar-refractivity contribution in [1.29, 1.82) is 0 Å². The van der Waals surface area contributed by atoms with Gasteiger partial charge >= 0.3 is 0 Å². The first kappa shape index (κ1) is 18.5. The van der Waals surface area contributed by atoms with Crippen LogP contribution in [0.4, 0.5) is 0 Å². The Morgan fingerprint density at radius 3 is 1.81 bits per heavy atom. The summed E-state index contributed by atoms with van der Waals surface area (Å²) < 4.78 is 5.74. The summed E-state index contributed by atoms with van der Waals surface area (Å²) in [5.74, 6) is -0.168. The maximum absolute atomic E-state index is 10.6. The molecule has 0 aromatic carbocycles. The lowest BCUT2D eigenvalue weighted by Crippen LogP contribution is -2.09. The van der Waals surface area contributed by atoms with Crippen molar-refractivity contribution in [1.82, 2.24) is 0 Å². The molecule has 124 valence electrons. The molecule has 1 rings (SSSR count). The molecule has 0 bridgehead atoms. The summed E-state index contributed by atoms with van der Waals surface area (Å²) in [4.78, 5) is 10.6. The van der Waals surface area contributed by atoms with Crippen LogP contribution in [0.3, 0.4) is 0 Å². The van der Waals surface area contributed by atoms with Crippen molar-refractivity contribution in [2.75, 3.05) is 0 Å². The molecule has 2 N–H and O–H groups in total. The zero-order valence-corrected chi connectivity index (χ0v) is 13.9. The maximum atomic E-state index is 10.6. The number of hydrogen-bond donors (Lipinski definition) is 1. The minimum atomic E-state index is -0.168. The molecule has 3 nitrogen and oxygen atoms in total. The molecule has 0 saturated carbocycles. The molecule has 0 unspecified atom stereocenters. The summed E-state index contributed by atoms with van der Waals surface area (Å²) >= 11 is 0.